The number of hydrogen-bond acceptors (Lipinski definition) is 4. The van der Waals surface area contributed by atoms with Crippen molar-refractivity contribution in [2.45, 2.75) is 36.9 Å². The first-order valence-electron chi connectivity index (χ1n) is 6.73. The number of benzene rings is 1. The van der Waals surface area contributed by atoms with Crippen molar-refractivity contribution in [3.63, 3.8) is 0 Å². The maximum absolute atomic E-state index is 11.4. The molecular formula is C15H19N3OS. The zero-order valence-corrected chi connectivity index (χ0v) is 12.6. The summed E-state index contributed by atoms with van der Waals surface area (Å²) in [7, 11) is 0. The molecule has 0 bridgehead atoms. The molecule has 0 spiro atoms. The highest BCUT2D eigenvalue weighted by atomic mass is 32.2. The molecule has 106 valence electrons. The second kappa shape index (κ2) is 7.26. The standard InChI is InChI=1S/C15H19N3OS/c1-3-8-16-10-12-4-6-13(7-5-12)20-15-17-11(2)9-14(19)18-15/h4-7,9,16H,3,8,10H2,1-2H3,(H,17,18,19). The zero-order valence-electron chi connectivity index (χ0n) is 11.8. The Kier molecular flexibility index (Phi) is 5.38. The summed E-state index contributed by atoms with van der Waals surface area (Å²) in [6.45, 7) is 5.90. The minimum atomic E-state index is -0.111. The van der Waals surface area contributed by atoms with Gasteiger partial charge in [-0.1, -0.05) is 30.8 Å². The molecule has 1 heterocycles. The predicted molar refractivity (Wildman–Crippen MR) is 82.2 cm³/mol. The van der Waals surface area contributed by atoms with Gasteiger partial charge in [0.2, 0.25) is 0 Å². The van der Waals surface area contributed by atoms with Crippen LogP contribution in [-0.4, -0.2) is 16.5 Å². The molecule has 0 fully saturated rings. The molecule has 20 heavy (non-hydrogen) atoms. The van der Waals surface area contributed by atoms with Crippen LogP contribution in [0, 0.1) is 6.92 Å². The Hall–Kier alpha value is -1.59. The lowest BCUT2D eigenvalue weighted by molar-refractivity contribution is 0.675. The predicted octanol–water partition coefficient (Wildman–Crippen LogP) is 2.73. The third kappa shape index (κ3) is 4.51. The second-order valence-corrected chi connectivity index (χ2v) is 5.68. The Morgan fingerprint density at radius 1 is 1.30 bits per heavy atom. The smallest absolute Gasteiger partial charge is 0.251 e. The second-order valence-electron chi connectivity index (χ2n) is 4.61. The number of aryl methyl sites for hydroxylation is 1. The van der Waals surface area contributed by atoms with Crippen molar-refractivity contribution in [3.8, 4) is 0 Å². The van der Waals surface area contributed by atoms with E-state index in [0.717, 1.165) is 30.1 Å². The van der Waals surface area contributed by atoms with Gasteiger partial charge in [-0.25, -0.2) is 4.98 Å². The van der Waals surface area contributed by atoms with Gasteiger partial charge in [-0.15, -0.1) is 0 Å². The summed E-state index contributed by atoms with van der Waals surface area (Å²) in [6, 6.07) is 9.79. The molecule has 0 unspecified atom stereocenters. The average Bonchev–Trinajstić information content (AvgIpc) is 2.40. The van der Waals surface area contributed by atoms with Crippen LogP contribution in [0.3, 0.4) is 0 Å². The summed E-state index contributed by atoms with van der Waals surface area (Å²) in [5.74, 6) is 0. The summed E-state index contributed by atoms with van der Waals surface area (Å²) in [6.07, 6.45) is 1.14. The molecule has 4 nitrogen and oxygen atoms in total. The number of nitrogens with one attached hydrogen (secondary N) is 2. The fourth-order valence-electron chi connectivity index (χ4n) is 1.80. The lowest BCUT2D eigenvalue weighted by atomic mass is 10.2. The van der Waals surface area contributed by atoms with Crippen LogP contribution in [0.4, 0.5) is 0 Å². The minimum Gasteiger partial charge on any atom is -0.313 e. The summed E-state index contributed by atoms with van der Waals surface area (Å²) in [4.78, 5) is 19.5. The zero-order chi connectivity index (χ0) is 14.4. The fourth-order valence-corrected chi connectivity index (χ4v) is 2.63. The minimum absolute atomic E-state index is 0.111. The number of aromatic nitrogens is 2. The van der Waals surface area contributed by atoms with Crippen molar-refractivity contribution in [1.82, 2.24) is 15.3 Å². The van der Waals surface area contributed by atoms with Crippen LogP contribution in [0.15, 0.2) is 45.2 Å². The van der Waals surface area contributed by atoms with Gasteiger partial charge in [0, 0.05) is 23.2 Å². The molecule has 0 aliphatic rings. The maximum atomic E-state index is 11.4. The molecule has 1 aromatic heterocycles. The first-order chi connectivity index (χ1) is 9.67. The van der Waals surface area contributed by atoms with Crippen molar-refractivity contribution in [3.05, 3.63) is 51.9 Å². The highest BCUT2D eigenvalue weighted by Crippen LogP contribution is 2.24. The molecule has 0 radical (unpaired) electrons. The first kappa shape index (κ1) is 14.8. The summed E-state index contributed by atoms with van der Waals surface area (Å²) in [5.41, 5.74) is 1.88. The quantitative estimate of drug-likeness (QED) is 0.634. The number of rotatable bonds is 6. The molecule has 0 amide bonds. The number of hydrogen-bond donors (Lipinski definition) is 2. The van der Waals surface area contributed by atoms with Crippen LogP contribution < -0.4 is 10.9 Å². The van der Waals surface area contributed by atoms with Crippen LogP contribution in [0.25, 0.3) is 0 Å². The van der Waals surface area contributed by atoms with E-state index in [-0.39, 0.29) is 5.56 Å². The molecule has 0 saturated heterocycles. The summed E-state index contributed by atoms with van der Waals surface area (Å²) in [5, 5.41) is 4.00. The molecule has 2 rings (SSSR count). The number of nitrogens with zero attached hydrogens (tertiary/aromatic N) is 1. The highest BCUT2D eigenvalue weighted by Gasteiger charge is 2.02. The van der Waals surface area contributed by atoms with E-state index in [4.69, 9.17) is 0 Å². The lowest BCUT2D eigenvalue weighted by Crippen LogP contribution is -2.13. The molecule has 0 aliphatic heterocycles. The summed E-state index contributed by atoms with van der Waals surface area (Å²) >= 11 is 1.47. The van der Waals surface area contributed by atoms with Gasteiger partial charge in [0.15, 0.2) is 5.16 Å². The van der Waals surface area contributed by atoms with E-state index >= 15 is 0 Å². The molecule has 2 N–H and O–H groups in total. The van der Waals surface area contributed by atoms with Gasteiger partial charge in [0.25, 0.3) is 5.56 Å². The van der Waals surface area contributed by atoms with E-state index in [2.05, 4.69) is 46.5 Å². The molecule has 0 aliphatic carbocycles. The van der Waals surface area contributed by atoms with Gasteiger partial charge in [-0.05, 0) is 37.6 Å². The van der Waals surface area contributed by atoms with E-state index in [1.165, 1.54) is 23.4 Å². The van der Waals surface area contributed by atoms with Crippen molar-refractivity contribution in [1.29, 1.82) is 0 Å². The Labute approximate surface area is 123 Å². The third-order valence-electron chi connectivity index (χ3n) is 2.74. The fraction of sp³-hybridized carbons (Fsp3) is 0.333. The van der Waals surface area contributed by atoms with Crippen LogP contribution in [0.1, 0.15) is 24.6 Å². The van der Waals surface area contributed by atoms with Gasteiger partial charge in [-0.3, -0.25) is 4.79 Å². The monoisotopic (exact) mass is 289 g/mol. The van der Waals surface area contributed by atoms with Gasteiger partial charge >= 0.3 is 0 Å². The van der Waals surface area contributed by atoms with Crippen molar-refractivity contribution >= 4 is 11.8 Å². The Morgan fingerprint density at radius 2 is 2.05 bits per heavy atom. The van der Waals surface area contributed by atoms with Crippen LogP contribution in [-0.2, 0) is 6.54 Å². The van der Waals surface area contributed by atoms with E-state index in [1.54, 1.807) is 0 Å². The largest absolute Gasteiger partial charge is 0.313 e. The molecule has 1 aromatic carbocycles. The molecular weight excluding hydrogens is 270 g/mol. The van der Waals surface area contributed by atoms with E-state index in [1.807, 2.05) is 6.92 Å². The van der Waals surface area contributed by atoms with Crippen molar-refractivity contribution in [2.24, 2.45) is 0 Å². The number of H-pyrrole nitrogens is 1. The van der Waals surface area contributed by atoms with Crippen LogP contribution >= 0.6 is 11.8 Å². The van der Waals surface area contributed by atoms with Crippen LogP contribution in [0.2, 0.25) is 0 Å². The van der Waals surface area contributed by atoms with Crippen molar-refractivity contribution in [2.75, 3.05) is 6.54 Å². The Balaban J connectivity index is 2.01. The van der Waals surface area contributed by atoms with Gasteiger partial charge in [0.05, 0.1) is 0 Å². The molecule has 2 aromatic rings. The SMILES string of the molecule is CCCNCc1ccc(Sc2nc(C)cc(=O)[nH]2)cc1. The van der Waals surface area contributed by atoms with Gasteiger partial charge in [0.1, 0.15) is 0 Å². The lowest BCUT2D eigenvalue weighted by Gasteiger charge is -2.05. The number of aromatic amines is 1. The van der Waals surface area contributed by atoms with E-state index in [0.29, 0.717) is 5.16 Å². The van der Waals surface area contributed by atoms with Crippen LogP contribution in [0.5, 0.6) is 0 Å². The Morgan fingerprint density at radius 3 is 2.70 bits per heavy atom. The van der Waals surface area contributed by atoms with Gasteiger partial charge in [-0.2, -0.15) is 0 Å². The third-order valence-corrected chi connectivity index (χ3v) is 3.64. The topological polar surface area (TPSA) is 57.8 Å². The van der Waals surface area contributed by atoms with E-state index < -0.39 is 0 Å². The molecule has 0 atom stereocenters. The molecule has 5 heteroatoms. The normalized spacial score (nSPS) is 10.7. The first-order valence-corrected chi connectivity index (χ1v) is 7.54. The van der Waals surface area contributed by atoms with Crippen molar-refractivity contribution < 1.29 is 0 Å². The molecule has 0 saturated carbocycles. The maximum Gasteiger partial charge on any atom is 0.251 e. The Bertz CT molecular complexity index is 607. The van der Waals surface area contributed by atoms with E-state index in [9.17, 15) is 4.79 Å². The summed E-state index contributed by atoms with van der Waals surface area (Å²) < 4.78 is 0. The average molecular weight is 289 g/mol. The van der Waals surface area contributed by atoms with Gasteiger partial charge < -0.3 is 10.3 Å². The highest BCUT2D eigenvalue weighted by molar-refractivity contribution is 7.99.